The molecule has 0 unspecified atom stereocenters. The van der Waals surface area contributed by atoms with Crippen LogP contribution in [0, 0.1) is 6.92 Å². The van der Waals surface area contributed by atoms with Crippen LogP contribution in [0.4, 0.5) is 5.69 Å². The van der Waals surface area contributed by atoms with E-state index in [2.05, 4.69) is 35.3 Å². The second-order valence-electron chi connectivity index (χ2n) is 7.65. The first-order valence-corrected chi connectivity index (χ1v) is 10.8. The Labute approximate surface area is 192 Å². The number of para-hydroxylation sites is 1. The molecule has 2 aliphatic rings. The Bertz CT molecular complexity index is 1210. The molecule has 4 nitrogen and oxygen atoms in total. The van der Waals surface area contributed by atoms with E-state index >= 15 is 0 Å². The molecule has 0 saturated heterocycles. The van der Waals surface area contributed by atoms with Gasteiger partial charge in [-0.2, -0.15) is 0 Å². The van der Waals surface area contributed by atoms with Crippen molar-refractivity contribution in [2.45, 2.75) is 19.5 Å². The second-order valence-corrected chi connectivity index (χ2v) is 8.49. The summed E-state index contributed by atoms with van der Waals surface area (Å²) in [5.74, 6) is 2.17. The van der Waals surface area contributed by atoms with E-state index < -0.39 is 0 Å². The summed E-state index contributed by atoms with van der Waals surface area (Å²) in [5.41, 5.74) is 5.23. The van der Waals surface area contributed by atoms with Gasteiger partial charge in [-0.05, 0) is 48.4 Å². The van der Waals surface area contributed by atoms with Gasteiger partial charge in [0.1, 0.15) is 11.2 Å². The summed E-state index contributed by atoms with van der Waals surface area (Å²) in [6, 6.07) is 22.1. The van der Waals surface area contributed by atoms with Gasteiger partial charge in [0, 0.05) is 22.7 Å². The minimum atomic E-state index is -0.235. The lowest BCUT2D eigenvalue weighted by atomic mass is 9.97. The highest BCUT2D eigenvalue weighted by molar-refractivity contribution is 7.80. The molecular weight excluding hydrogens is 428 g/mol. The first kappa shape index (κ1) is 19.9. The van der Waals surface area contributed by atoms with Gasteiger partial charge in [0.2, 0.25) is 5.88 Å². The van der Waals surface area contributed by atoms with Crippen LogP contribution in [0.25, 0.3) is 0 Å². The SMILES string of the molecule is COc1cccc2c1OC1=C(C2)C(=S)N[C@H](c2ccc(Cl)cc2)N1c1cccc(C)c1. The van der Waals surface area contributed by atoms with Gasteiger partial charge in [0.25, 0.3) is 0 Å². The maximum absolute atomic E-state index is 6.54. The quantitative estimate of drug-likeness (QED) is 0.501. The molecule has 0 bridgehead atoms. The molecule has 1 N–H and O–H groups in total. The van der Waals surface area contributed by atoms with E-state index in [1.165, 1.54) is 0 Å². The van der Waals surface area contributed by atoms with Crippen molar-refractivity contribution in [1.82, 2.24) is 5.32 Å². The van der Waals surface area contributed by atoms with Gasteiger partial charge in [-0.3, -0.25) is 4.90 Å². The van der Waals surface area contributed by atoms with E-state index in [1.807, 2.05) is 48.5 Å². The van der Waals surface area contributed by atoms with E-state index in [0.29, 0.717) is 22.2 Å². The van der Waals surface area contributed by atoms with Gasteiger partial charge in [-0.15, -0.1) is 0 Å². The summed E-state index contributed by atoms with van der Waals surface area (Å²) in [6.07, 6.45) is 0.435. The van der Waals surface area contributed by atoms with Gasteiger partial charge in [0.15, 0.2) is 11.5 Å². The zero-order chi connectivity index (χ0) is 21.5. The lowest BCUT2D eigenvalue weighted by Gasteiger charge is -2.43. The van der Waals surface area contributed by atoms with E-state index in [4.69, 9.17) is 33.3 Å². The summed E-state index contributed by atoms with van der Waals surface area (Å²) in [7, 11) is 1.66. The Morgan fingerprint density at radius 1 is 1.10 bits per heavy atom. The lowest BCUT2D eigenvalue weighted by molar-refractivity contribution is 0.327. The van der Waals surface area contributed by atoms with Gasteiger partial charge in [-0.1, -0.05) is 60.2 Å². The molecule has 0 spiro atoms. The number of ether oxygens (including phenoxy) is 2. The van der Waals surface area contributed by atoms with Gasteiger partial charge in [0.05, 0.1) is 12.7 Å². The number of aryl methyl sites for hydroxylation is 1. The summed E-state index contributed by atoms with van der Waals surface area (Å²) < 4.78 is 12.1. The number of thiocarbonyl (C=S) groups is 1. The zero-order valence-corrected chi connectivity index (χ0v) is 18.8. The van der Waals surface area contributed by atoms with Crippen LogP contribution in [-0.2, 0) is 6.42 Å². The summed E-state index contributed by atoms with van der Waals surface area (Å²) in [5, 5.41) is 4.22. The normalized spacial score (nSPS) is 17.5. The van der Waals surface area contributed by atoms with E-state index in [9.17, 15) is 0 Å². The second kappa shape index (κ2) is 7.91. The fraction of sp³-hybridized carbons (Fsp3) is 0.160. The molecule has 156 valence electrons. The first-order valence-electron chi connectivity index (χ1n) is 10.0. The van der Waals surface area contributed by atoms with Crippen LogP contribution >= 0.6 is 23.8 Å². The molecule has 0 fully saturated rings. The van der Waals surface area contributed by atoms with Crippen LogP contribution in [0.1, 0.15) is 22.9 Å². The molecule has 3 aromatic rings. The largest absolute Gasteiger partial charge is 0.493 e. The number of nitrogens with zero attached hydrogens (tertiary/aromatic N) is 1. The van der Waals surface area contributed by atoms with Crippen LogP contribution in [0.15, 0.2) is 78.2 Å². The first-order chi connectivity index (χ1) is 15.0. The predicted molar refractivity (Wildman–Crippen MR) is 128 cm³/mol. The Hall–Kier alpha value is -3.02. The number of rotatable bonds is 3. The standard InChI is InChI=1S/C25H21ClN2O2S/c1-15-5-3-7-19(13-15)28-23(16-9-11-18(26)12-10-16)27-24(31)20-14-17-6-4-8-21(29-2)22(17)30-25(20)28/h3-13,23H,14H2,1-2H3,(H,27,31)/t23-/m0/s1. The number of halogens is 1. The van der Waals surface area contributed by atoms with Crippen LogP contribution in [-0.4, -0.2) is 12.1 Å². The molecule has 0 aromatic heterocycles. The number of methoxy groups -OCH3 is 1. The smallest absolute Gasteiger partial charge is 0.209 e. The molecule has 2 heterocycles. The third-order valence-corrected chi connectivity index (χ3v) is 6.21. The Balaban J connectivity index is 1.68. The average Bonchev–Trinajstić information content (AvgIpc) is 2.78. The van der Waals surface area contributed by atoms with Crippen LogP contribution in [0.2, 0.25) is 5.02 Å². The predicted octanol–water partition coefficient (Wildman–Crippen LogP) is 5.94. The Kier molecular flexibility index (Phi) is 5.08. The molecular formula is C25H21ClN2O2S. The molecule has 0 radical (unpaired) electrons. The molecule has 0 aliphatic carbocycles. The van der Waals surface area contributed by atoms with Gasteiger partial charge >= 0.3 is 0 Å². The number of fused-ring (bicyclic) bond motifs is 1. The van der Waals surface area contributed by atoms with Crippen molar-refractivity contribution in [3.63, 3.8) is 0 Å². The minimum Gasteiger partial charge on any atom is -0.493 e. The van der Waals surface area contributed by atoms with Crippen molar-refractivity contribution in [2.75, 3.05) is 12.0 Å². The third kappa shape index (κ3) is 3.54. The fourth-order valence-corrected chi connectivity index (χ4v) is 4.49. The number of hydrogen-bond donors (Lipinski definition) is 1. The molecule has 1 atom stereocenters. The van der Waals surface area contributed by atoms with Crippen molar-refractivity contribution in [2.24, 2.45) is 0 Å². The summed E-state index contributed by atoms with van der Waals surface area (Å²) >= 11 is 11.9. The number of benzene rings is 3. The van der Waals surface area contributed by atoms with E-state index in [0.717, 1.165) is 39.6 Å². The molecule has 0 amide bonds. The zero-order valence-electron chi connectivity index (χ0n) is 17.2. The lowest BCUT2D eigenvalue weighted by Crippen LogP contribution is -2.49. The molecule has 2 aliphatic heterocycles. The van der Waals surface area contributed by atoms with Crippen molar-refractivity contribution >= 4 is 34.5 Å². The maximum Gasteiger partial charge on any atom is 0.209 e. The molecule has 0 saturated carbocycles. The van der Waals surface area contributed by atoms with Crippen LogP contribution < -0.4 is 19.7 Å². The average molecular weight is 449 g/mol. The van der Waals surface area contributed by atoms with Crippen molar-refractivity contribution in [3.05, 3.63) is 99.9 Å². The molecule has 6 heteroatoms. The molecule has 5 rings (SSSR count). The monoisotopic (exact) mass is 448 g/mol. The van der Waals surface area contributed by atoms with Crippen LogP contribution in [0.5, 0.6) is 11.5 Å². The highest BCUT2D eigenvalue weighted by Crippen LogP contribution is 2.44. The molecule has 31 heavy (non-hydrogen) atoms. The number of anilines is 1. The molecule has 3 aromatic carbocycles. The van der Waals surface area contributed by atoms with Crippen LogP contribution in [0.3, 0.4) is 0 Å². The maximum atomic E-state index is 6.54. The highest BCUT2D eigenvalue weighted by Gasteiger charge is 2.38. The topological polar surface area (TPSA) is 33.7 Å². The van der Waals surface area contributed by atoms with Crippen molar-refractivity contribution < 1.29 is 9.47 Å². The van der Waals surface area contributed by atoms with Gasteiger partial charge < -0.3 is 14.8 Å². The minimum absolute atomic E-state index is 0.235. The van der Waals surface area contributed by atoms with E-state index in [-0.39, 0.29) is 6.17 Å². The number of hydrogen-bond acceptors (Lipinski definition) is 4. The van der Waals surface area contributed by atoms with Gasteiger partial charge in [-0.25, -0.2) is 0 Å². The Morgan fingerprint density at radius 2 is 1.87 bits per heavy atom. The van der Waals surface area contributed by atoms with E-state index in [1.54, 1.807) is 7.11 Å². The van der Waals surface area contributed by atoms with Crippen molar-refractivity contribution in [1.29, 1.82) is 0 Å². The Morgan fingerprint density at radius 3 is 2.61 bits per heavy atom. The number of nitrogens with one attached hydrogen (secondary N) is 1. The van der Waals surface area contributed by atoms with Crippen molar-refractivity contribution in [3.8, 4) is 11.5 Å². The third-order valence-electron chi connectivity index (χ3n) is 5.59. The highest BCUT2D eigenvalue weighted by atomic mass is 35.5. The fourth-order valence-electron chi connectivity index (χ4n) is 4.09. The summed E-state index contributed by atoms with van der Waals surface area (Å²) in [6.45, 7) is 2.08. The summed E-state index contributed by atoms with van der Waals surface area (Å²) in [4.78, 5) is 2.85.